The third-order valence-corrected chi connectivity index (χ3v) is 5.25. The Morgan fingerprint density at radius 2 is 1.38 bits per heavy atom. The van der Waals surface area contributed by atoms with Crippen LogP contribution in [0.1, 0.15) is 27.2 Å². The number of hydrogen-bond donors (Lipinski definition) is 7. The number of amides is 2. The van der Waals surface area contributed by atoms with Gasteiger partial charge in [0.25, 0.3) is 0 Å². The molecule has 0 radical (unpaired) electrons. The Morgan fingerprint density at radius 1 is 0.844 bits per heavy atom. The van der Waals surface area contributed by atoms with Crippen LogP contribution >= 0.6 is 0 Å². The lowest BCUT2D eigenvalue weighted by atomic mass is 9.94. The first-order valence-corrected chi connectivity index (χ1v) is 10.5. The minimum Gasteiger partial charge on any atom is -0.394 e. The number of carbonyl (C=O) groups is 2. The van der Waals surface area contributed by atoms with Gasteiger partial charge in [-0.2, -0.15) is 0 Å². The van der Waals surface area contributed by atoms with Gasteiger partial charge in [0.1, 0.15) is 48.7 Å². The normalized spacial score (nSPS) is 40.0. The molecule has 0 aromatic rings. The molecule has 2 saturated heterocycles. The Morgan fingerprint density at radius 3 is 1.88 bits per heavy atom. The quantitative estimate of drug-likeness (QED) is 0.177. The van der Waals surface area contributed by atoms with Gasteiger partial charge >= 0.3 is 0 Å². The van der Waals surface area contributed by atoms with Crippen LogP contribution in [-0.4, -0.2) is 118 Å². The average Bonchev–Trinajstić information content (AvgIpc) is 2.74. The van der Waals surface area contributed by atoms with Crippen LogP contribution in [0.4, 0.5) is 0 Å². The zero-order chi connectivity index (χ0) is 24.0. The van der Waals surface area contributed by atoms with Crippen molar-refractivity contribution in [2.75, 3.05) is 19.8 Å². The summed E-state index contributed by atoms with van der Waals surface area (Å²) >= 11 is 0. The van der Waals surface area contributed by atoms with Crippen LogP contribution in [0.2, 0.25) is 0 Å². The van der Waals surface area contributed by atoms with Gasteiger partial charge in [-0.05, 0) is 6.42 Å². The van der Waals surface area contributed by atoms with Crippen LogP contribution < -0.4 is 10.6 Å². The molecule has 4 unspecified atom stereocenters. The maximum absolute atomic E-state index is 11.7. The van der Waals surface area contributed by atoms with Crippen LogP contribution in [0.25, 0.3) is 0 Å². The van der Waals surface area contributed by atoms with Gasteiger partial charge in [-0.15, -0.1) is 0 Å². The van der Waals surface area contributed by atoms with Crippen molar-refractivity contribution in [3.05, 3.63) is 0 Å². The number of hydrogen-bond acceptors (Lipinski definition) is 11. The summed E-state index contributed by atoms with van der Waals surface area (Å²) in [6, 6.07) is -2.32. The van der Waals surface area contributed by atoms with Crippen molar-refractivity contribution in [1.29, 1.82) is 0 Å². The van der Waals surface area contributed by atoms with E-state index in [2.05, 4.69) is 10.6 Å². The van der Waals surface area contributed by atoms with Gasteiger partial charge in [0, 0.05) is 20.5 Å². The Bertz CT molecular complexity index is 624. The van der Waals surface area contributed by atoms with Gasteiger partial charge in [0.2, 0.25) is 11.8 Å². The smallest absolute Gasteiger partial charge is 0.217 e. The zero-order valence-corrected chi connectivity index (χ0v) is 18.3. The predicted molar refractivity (Wildman–Crippen MR) is 106 cm³/mol. The molecule has 2 aliphatic rings. The first-order chi connectivity index (χ1) is 15.1. The monoisotopic (exact) mass is 466 g/mol. The summed E-state index contributed by atoms with van der Waals surface area (Å²) in [4.78, 5) is 23.3. The maximum atomic E-state index is 11.7. The van der Waals surface area contributed by atoms with Crippen LogP contribution in [0.3, 0.4) is 0 Å². The van der Waals surface area contributed by atoms with Crippen molar-refractivity contribution in [1.82, 2.24) is 10.6 Å². The number of nitrogens with one attached hydrogen (secondary N) is 2. The van der Waals surface area contributed by atoms with Gasteiger partial charge in [0.15, 0.2) is 12.6 Å². The Labute approximate surface area is 185 Å². The summed E-state index contributed by atoms with van der Waals surface area (Å²) in [5.41, 5.74) is 0. The lowest BCUT2D eigenvalue weighted by Crippen LogP contribution is -2.69. The summed E-state index contributed by atoms with van der Waals surface area (Å²) in [6.07, 6.45) is -10.0. The van der Waals surface area contributed by atoms with E-state index in [1.54, 1.807) is 0 Å². The summed E-state index contributed by atoms with van der Waals surface area (Å²) in [5.74, 6) is -1.02. The van der Waals surface area contributed by atoms with E-state index >= 15 is 0 Å². The fourth-order valence-corrected chi connectivity index (χ4v) is 3.74. The van der Waals surface area contributed by atoms with Crippen molar-refractivity contribution in [3.63, 3.8) is 0 Å². The lowest BCUT2D eigenvalue weighted by Gasteiger charge is -2.48. The number of aliphatic hydroxyl groups excluding tert-OH is 5. The topological polar surface area (TPSA) is 196 Å². The summed E-state index contributed by atoms with van der Waals surface area (Å²) in [5, 5.41) is 55.8. The van der Waals surface area contributed by atoms with Gasteiger partial charge in [-0.25, -0.2) is 0 Å². The molecule has 0 aromatic heterocycles. The molecule has 2 fully saturated rings. The Kier molecular flexibility index (Phi) is 10.2. The van der Waals surface area contributed by atoms with E-state index in [0.717, 1.165) is 0 Å². The van der Waals surface area contributed by atoms with Gasteiger partial charge < -0.3 is 55.1 Å². The third-order valence-electron chi connectivity index (χ3n) is 5.25. The molecule has 7 N–H and O–H groups in total. The van der Waals surface area contributed by atoms with Crippen LogP contribution in [0.15, 0.2) is 0 Å². The Balaban J connectivity index is 2.29. The largest absolute Gasteiger partial charge is 0.394 e. The van der Waals surface area contributed by atoms with Gasteiger partial charge in [-0.1, -0.05) is 6.92 Å². The molecule has 2 heterocycles. The molecule has 0 aliphatic carbocycles. The summed E-state index contributed by atoms with van der Waals surface area (Å²) < 4.78 is 22.6. The number of ether oxygens (including phenoxy) is 4. The predicted octanol–water partition coefficient (Wildman–Crippen LogP) is -3.68. The van der Waals surface area contributed by atoms with Crippen LogP contribution in [0, 0.1) is 0 Å². The van der Waals surface area contributed by atoms with Crippen molar-refractivity contribution >= 4 is 11.8 Å². The minimum atomic E-state index is -1.56. The minimum absolute atomic E-state index is 0.274. The Hall–Kier alpha value is -1.42. The molecule has 13 heteroatoms. The highest BCUT2D eigenvalue weighted by atomic mass is 16.7. The maximum Gasteiger partial charge on any atom is 0.217 e. The molecule has 2 amide bonds. The second kappa shape index (κ2) is 12.2. The molecule has 13 nitrogen and oxygen atoms in total. The molecule has 10 atom stereocenters. The lowest BCUT2D eigenvalue weighted by molar-refractivity contribution is -0.332. The van der Waals surface area contributed by atoms with Crippen LogP contribution in [0.5, 0.6) is 0 Å². The highest BCUT2D eigenvalue weighted by Gasteiger charge is 2.51. The standard InChI is InChI=1S/C19H34N2O11/c1-4-5-29-18-13(21-9(3)25)16(28)17(11(7-23)31-18)32-19-12(20-8(2)24)15(27)14(26)10(6-22)30-19/h10-19,22-23,26-28H,4-7H2,1-3H3,(H,20,24)(H,21,25)/t10?,11?,12?,13?,14-,15-,16-,17-,18-,19+/m1/s1. The average molecular weight is 466 g/mol. The van der Waals surface area contributed by atoms with E-state index in [1.807, 2.05) is 6.92 Å². The van der Waals surface area contributed by atoms with Crippen LogP contribution in [-0.2, 0) is 28.5 Å². The van der Waals surface area contributed by atoms with Crippen molar-refractivity contribution < 1.29 is 54.1 Å². The van der Waals surface area contributed by atoms with Crippen molar-refractivity contribution in [3.8, 4) is 0 Å². The molecule has 0 spiro atoms. The third kappa shape index (κ3) is 6.34. The molecule has 186 valence electrons. The molecule has 2 aliphatic heterocycles. The number of carbonyl (C=O) groups excluding carboxylic acids is 2. The van der Waals surface area contributed by atoms with Crippen molar-refractivity contribution in [2.24, 2.45) is 0 Å². The van der Waals surface area contributed by atoms with E-state index in [4.69, 9.17) is 18.9 Å². The van der Waals surface area contributed by atoms with Gasteiger partial charge in [-0.3, -0.25) is 9.59 Å². The molecule has 32 heavy (non-hydrogen) atoms. The molecule has 0 bridgehead atoms. The van der Waals surface area contributed by atoms with E-state index in [9.17, 15) is 35.1 Å². The second-order valence-electron chi connectivity index (χ2n) is 7.85. The highest BCUT2D eigenvalue weighted by Crippen LogP contribution is 2.29. The highest BCUT2D eigenvalue weighted by molar-refractivity contribution is 5.73. The van der Waals surface area contributed by atoms with E-state index in [1.165, 1.54) is 13.8 Å². The first-order valence-electron chi connectivity index (χ1n) is 10.5. The summed E-state index contributed by atoms with van der Waals surface area (Å²) in [6.45, 7) is 3.33. The molecule has 2 rings (SSSR count). The van der Waals surface area contributed by atoms with E-state index in [-0.39, 0.29) is 6.61 Å². The summed E-state index contributed by atoms with van der Waals surface area (Å²) in [7, 11) is 0. The fraction of sp³-hybridized carbons (Fsp3) is 0.895. The molecule has 0 aromatic carbocycles. The van der Waals surface area contributed by atoms with E-state index < -0.39 is 86.3 Å². The first kappa shape index (κ1) is 26.8. The number of rotatable bonds is 9. The SMILES string of the molecule is CCCO[C@@H]1OC(CO)[C@@H](O[C@@H]2OC(CO)[C@@H](O)[C@H](O)C2NC(C)=O)[C@H](O)C1NC(C)=O. The van der Waals surface area contributed by atoms with Gasteiger partial charge in [0.05, 0.1) is 13.2 Å². The molecular weight excluding hydrogens is 432 g/mol. The number of aliphatic hydroxyl groups is 5. The second-order valence-corrected chi connectivity index (χ2v) is 7.85. The fourth-order valence-electron chi connectivity index (χ4n) is 3.74. The zero-order valence-electron chi connectivity index (χ0n) is 18.3. The molecule has 0 saturated carbocycles. The van der Waals surface area contributed by atoms with Crippen molar-refractivity contribution in [2.45, 2.75) is 88.5 Å². The molecular formula is C19H34N2O11. The van der Waals surface area contributed by atoms with E-state index in [0.29, 0.717) is 6.42 Å².